The van der Waals surface area contributed by atoms with Crippen LogP contribution in [-0.4, -0.2) is 93.2 Å². The number of aliphatic hydroxyl groups is 3. The average Bonchev–Trinajstić information content (AvgIpc) is 3.70. The maximum absolute atomic E-state index is 12.9. The fraction of sp³-hybridized carbons (Fsp3) is 0.600. The number of aromatic nitrogens is 1. The molecule has 0 bridgehead atoms. The molecule has 2 aliphatic rings. The quantitative estimate of drug-likeness (QED) is 0.0824. The second-order valence-electron chi connectivity index (χ2n) is 14.8. The van der Waals surface area contributed by atoms with E-state index in [2.05, 4.69) is 36.3 Å². The number of rotatable bonds is 13. The van der Waals surface area contributed by atoms with Crippen molar-refractivity contribution in [2.45, 2.75) is 135 Å². The number of allylic oxidation sites excluding steroid dienone is 2. The van der Waals surface area contributed by atoms with Crippen LogP contribution in [0.15, 0.2) is 66.4 Å². The van der Waals surface area contributed by atoms with Crippen LogP contribution in [0.25, 0.3) is 10.9 Å². The Balaban J connectivity index is 1.57. The molecule has 11 heteroatoms. The zero-order valence-corrected chi connectivity index (χ0v) is 31.3. The van der Waals surface area contributed by atoms with E-state index in [0.717, 1.165) is 22.9 Å². The van der Waals surface area contributed by atoms with Gasteiger partial charge in [-0.1, -0.05) is 51.1 Å². The fourth-order valence-electron chi connectivity index (χ4n) is 7.11. The van der Waals surface area contributed by atoms with Crippen LogP contribution in [0.3, 0.4) is 0 Å². The number of nitrogens with one attached hydrogen (secondary N) is 2. The van der Waals surface area contributed by atoms with E-state index in [1.807, 2.05) is 32.2 Å². The number of hydrogen-bond acceptors (Lipinski definition) is 10. The molecule has 3 heterocycles. The van der Waals surface area contributed by atoms with Crippen LogP contribution in [0.5, 0.6) is 0 Å². The predicted octanol–water partition coefficient (Wildman–Crippen LogP) is 5.04. The highest BCUT2D eigenvalue weighted by Gasteiger charge is 2.54. The minimum atomic E-state index is -1.46. The van der Waals surface area contributed by atoms with Crippen molar-refractivity contribution in [3.05, 3.63) is 72.0 Å². The molecule has 2 aromatic rings. The molecule has 2 aliphatic heterocycles. The number of aliphatic hydroxyl groups excluding tert-OH is 1. The summed E-state index contributed by atoms with van der Waals surface area (Å²) in [5, 5.41) is 38.3. The van der Waals surface area contributed by atoms with Gasteiger partial charge in [-0.05, 0) is 80.8 Å². The standard InChI is InChI=1S/C40H58N2O9/c1-9-32(48-8)26(4)36-37(51-36)38(42-23-28-13-14-31-29(21-28)17-20-41-31)40(7,47)18-10-11-24(2)35-25(3)12-15-33(49-27(5)43)39(6,46)19-16-30(44)22-34(45)50-35/h10-15,17-18,20-21,25-26,30,32-33,35-38,41-42,44,46-47H,9,16,19,22-23H2,1-8H3/b15-12+,18-10+,24-11+/t25-,26+,30+,32-,33-,35-,36+,37-,38?,39+,40?/m0/s1. The number of fused-ring (bicyclic) bond motifs is 1. The number of hydrogen-bond donors (Lipinski definition) is 5. The summed E-state index contributed by atoms with van der Waals surface area (Å²) in [6.07, 6.45) is 8.34. The van der Waals surface area contributed by atoms with Gasteiger partial charge in [-0.3, -0.25) is 9.59 Å². The minimum absolute atomic E-state index is 0.0314. The smallest absolute Gasteiger partial charge is 0.309 e. The van der Waals surface area contributed by atoms with Crippen molar-refractivity contribution in [2.24, 2.45) is 11.8 Å². The number of benzene rings is 1. The number of ether oxygens (including phenoxy) is 4. The first kappa shape index (κ1) is 40.5. The van der Waals surface area contributed by atoms with Crippen molar-refractivity contribution in [2.75, 3.05) is 7.11 Å². The van der Waals surface area contributed by atoms with Crippen molar-refractivity contribution in [1.82, 2.24) is 10.3 Å². The number of carbonyl (C=O) groups excluding carboxylic acids is 2. The van der Waals surface area contributed by atoms with Gasteiger partial charge in [0.2, 0.25) is 0 Å². The lowest BCUT2D eigenvalue weighted by Gasteiger charge is -2.32. The van der Waals surface area contributed by atoms with Crippen LogP contribution >= 0.6 is 0 Å². The molecular formula is C40H58N2O9. The van der Waals surface area contributed by atoms with Gasteiger partial charge in [0.1, 0.15) is 23.9 Å². The van der Waals surface area contributed by atoms with Crippen molar-refractivity contribution in [3.8, 4) is 0 Å². The number of esters is 2. The highest BCUT2D eigenvalue weighted by atomic mass is 16.6. The Kier molecular flexibility index (Phi) is 13.9. The predicted molar refractivity (Wildman–Crippen MR) is 196 cm³/mol. The Morgan fingerprint density at radius 3 is 2.67 bits per heavy atom. The molecule has 2 unspecified atom stereocenters. The zero-order chi connectivity index (χ0) is 37.5. The van der Waals surface area contributed by atoms with Gasteiger partial charge in [-0.15, -0.1) is 0 Å². The summed E-state index contributed by atoms with van der Waals surface area (Å²) < 4.78 is 23.3. The summed E-state index contributed by atoms with van der Waals surface area (Å²) >= 11 is 0. The molecule has 51 heavy (non-hydrogen) atoms. The molecule has 0 spiro atoms. The number of cyclic esters (lactones) is 1. The first-order chi connectivity index (χ1) is 24.1. The van der Waals surface area contributed by atoms with Gasteiger partial charge >= 0.3 is 11.9 Å². The molecule has 0 radical (unpaired) electrons. The summed E-state index contributed by atoms with van der Waals surface area (Å²) in [6, 6.07) is 7.79. The maximum Gasteiger partial charge on any atom is 0.309 e. The van der Waals surface area contributed by atoms with E-state index in [1.165, 1.54) is 6.92 Å². The molecule has 1 fully saturated rings. The van der Waals surface area contributed by atoms with Gasteiger partial charge < -0.3 is 44.6 Å². The highest BCUT2D eigenvalue weighted by molar-refractivity contribution is 5.79. The molecule has 4 rings (SSSR count). The molecule has 11 atom stereocenters. The molecule has 0 amide bonds. The lowest BCUT2D eigenvalue weighted by atomic mass is 9.87. The number of H-pyrrole nitrogens is 1. The molecule has 1 aromatic carbocycles. The van der Waals surface area contributed by atoms with Gasteiger partial charge in [0.25, 0.3) is 0 Å². The third-order valence-corrected chi connectivity index (χ3v) is 10.3. The van der Waals surface area contributed by atoms with Crippen molar-refractivity contribution >= 4 is 22.8 Å². The summed E-state index contributed by atoms with van der Waals surface area (Å²) in [7, 11) is 1.71. The normalized spacial score (nSPS) is 31.5. The van der Waals surface area contributed by atoms with Gasteiger partial charge in [0.05, 0.1) is 36.4 Å². The average molecular weight is 711 g/mol. The summed E-state index contributed by atoms with van der Waals surface area (Å²) in [4.78, 5) is 28.0. The first-order valence-corrected chi connectivity index (χ1v) is 18.1. The van der Waals surface area contributed by atoms with E-state index in [1.54, 1.807) is 51.3 Å². The monoisotopic (exact) mass is 710 g/mol. The third-order valence-electron chi connectivity index (χ3n) is 10.3. The highest BCUT2D eigenvalue weighted by Crippen LogP contribution is 2.39. The molecule has 0 aliphatic carbocycles. The Labute approximate surface area is 302 Å². The zero-order valence-electron chi connectivity index (χ0n) is 31.3. The maximum atomic E-state index is 12.9. The molecule has 0 saturated carbocycles. The second kappa shape index (κ2) is 17.5. The Morgan fingerprint density at radius 1 is 1.24 bits per heavy atom. The van der Waals surface area contributed by atoms with Crippen LogP contribution in [0.4, 0.5) is 0 Å². The van der Waals surface area contributed by atoms with Crippen molar-refractivity contribution < 1.29 is 43.9 Å². The molecule has 282 valence electrons. The first-order valence-electron chi connectivity index (χ1n) is 18.1. The summed E-state index contributed by atoms with van der Waals surface area (Å²) in [6.45, 7) is 13.0. The second-order valence-corrected chi connectivity index (χ2v) is 14.8. The summed E-state index contributed by atoms with van der Waals surface area (Å²) in [5.74, 6) is -1.37. The Bertz CT molecular complexity index is 1560. The van der Waals surface area contributed by atoms with E-state index in [9.17, 15) is 24.9 Å². The Morgan fingerprint density at radius 2 is 1.98 bits per heavy atom. The van der Waals surface area contributed by atoms with Crippen LogP contribution in [0.2, 0.25) is 0 Å². The number of epoxide rings is 1. The van der Waals surface area contributed by atoms with Gasteiger partial charge in [0, 0.05) is 44.1 Å². The molecule has 1 aromatic heterocycles. The van der Waals surface area contributed by atoms with E-state index >= 15 is 0 Å². The van der Waals surface area contributed by atoms with Crippen LogP contribution in [0.1, 0.15) is 79.7 Å². The SMILES string of the molecule is CC[C@H](OC)[C@@H](C)[C@H]1O[C@@H]1C(NCc1ccc2[nH]ccc2c1)C(C)(O)/C=C/C=C(\C)[C@@H]1OC(=O)C[C@H](O)CC[C@@](C)(O)[C@@H](OC(C)=O)/C=C/[C@@H]1C. The van der Waals surface area contributed by atoms with Crippen LogP contribution in [0, 0.1) is 11.8 Å². The lowest BCUT2D eigenvalue weighted by Crippen LogP contribution is -2.52. The van der Waals surface area contributed by atoms with E-state index in [-0.39, 0.29) is 49.4 Å². The molecule has 11 nitrogen and oxygen atoms in total. The minimum Gasteiger partial charge on any atom is -0.457 e. The topological polar surface area (TPSA) is 163 Å². The number of aromatic amines is 1. The van der Waals surface area contributed by atoms with Crippen molar-refractivity contribution in [1.29, 1.82) is 0 Å². The van der Waals surface area contributed by atoms with E-state index in [4.69, 9.17) is 18.9 Å². The fourth-order valence-corrected chi connectivity index (χ4v) is 7.11. The summed E-state index contributed by atoms with van der Waals surface area (Å²) in [5.41, 5.74) is 0.0267. The molecule has 1 saturated heterocycles. The third kappa shape index (κ3) is 10.8. The van der Waals surface area contributed by atoms with Crippen molar-refractivity contribution in [3.63, 3.8) is 0 Å². The van der Waals surface area contributed by atoms with E-state index < -0.39 is 47.5 Å². The van der Waals surface area contributed by atoms with E-state index in [0.29, 0.717) is 12.1 Å². The van der Waals surface area contributed by atoms with Gasteiger partial charge in [-0.2, -0.15) is 0 Å². The Hall–Kier alpha value is -3.32. The van der Waals surface area contributed by atoms with Crippen LogP contribution < -0.4 is 5.32 Å². The van der Waals surface area contributed by atoms with Crippen LogP contribution in [-0.2, 0) is 35.1 Å². The van der Waals surface area contributed by atoms with Gasteiger partial charge in [0.15, 0.2) is 0 Å². The van der Waals surface area contributed by atoms with Gasteiger partial charge in [-0.25, -0.2) is 0 Å². The molecular weight excluding hydrogens is 652 g/mol. The lowest BCUT2D eigenvalue weighted by molar-refractivity contribution is -0.157. The largest absolute Gasteiger partial charge is 0.457 e. The molecule has 5 N–H and O–H groups in total. The number of carbonyl (C=O) groups is 2. The number of methoxy groups -OCH3 is 1.